The van der Waals surface area contributed by atoms with Gasteiger partial charge in [0.05, 0.1) is 19.8 Å². The first kappa shape index (κ1) is 13.3. The van der Waals surface area contributed by atoms with Crippen LogP contribution in [0.1, 0.15) is 19.3 Å². The van der Waals surface area contributed by atoms with Crippen molar-refractivity contribution in [2.24, 2.45) is 5.92 Å². The van der Waals surface area contributed by atoms with Crippen LogP contribution in [0.2, 0.25) is 0 Å². The third kappa shape index (κ3) is 2.82. The summed E-state index contributed by atoms with van der Waals surface area (Å²) in [4.78, 5) is 12.5. The van der Waals surface area contributed by atoms with Crippen LogP contribution in [-0.2, 0) is 4.74 Å². The molecule has 112 valence electrons. The largest absolute Gasteiger partial charge is 0.477 e. The van der Waals surface area contributed by atoms with Crippen LogP contribution in [-0.4, -0.2) is 42.9 Å². The van der Waals surface area contributed by atoms with E-state index in [-0.39, 0.29) is 0 Å². The molecule has 0 N–H and O–H groups in total. The Labute approximate surface area is 127 Å². The van der Waals surface area contributed by atoms with E-state index >= 15 is 0 Å². The van der Waals surface area contributed by atoms with Crippen LogP contribution in [0.25, 0.3) is 10.3 Å². The Morgan fingerprint density at radius 3 is 2.86 bits per heavy atom. The first-order valence-electron chi connectivity index (χ1n) is 7.61. The monoisotopic (exact) mass is 305 g/mol. The Bertz CT molecular complexity index is 620. The number of aromatic nitrogens is 2. The van der Waals surface area contributed by atoms with Crippen LogP contribution < -0.4 is 9.64 Å². The number of nitrogens with zero attached hydrogens (tertiary/aromatic N) is 3. The summed E-state index contributed by atoms with van der Waals surface area (Å²) < 4.78 is 11.2. The Hall–Kier alpha value is -1.40. The molecule has 1 aliphatic carbocycles. The van der Waals surface area contributed by atoms with Gasteiger partial charge >= 0.3 is 0 Å². The summed E-state index contributed by atoms with van der Waals surface area (Å²) in [5, 5.41) is 1.04. The van der Waals surface area contributed by atoms with E-state index in [1.165, 1.54) is 19.3 Å². The van der Waals surface area contributed by atoms with Crippen molar-refractivity contribution in [2.45, 2.75) is 19.3 Å². The highest BCUT2D eigenvalue weighted by Gasteiger charge is 2.19. The lowest BCUT2D eigenvalue weighted by atomic mass is 9.86. The van der Waals surface area contributed by atoms with Crippen molar-refractivity contribution < 1.29 is 9.47 Å². The normalized spacial score (nSPS) is 19.7. The molecule has 2 aliphatic rings. The standard InChI is InChI=1S/C15H19N3O2S/c1-2-11(3-1)10-20-13-5-4-12-14(17-13)21-15(16-12)18-6-8-19-9-7-18/h4-5,11H,1-3,6-10H2. The van der Waals surface area contributed by atoms with Crippen LogP contribution in [0.3, 0.4) is 0 Å². The zero-order valence-corrected chi connectivity index (χ0v) is 12.8. The lowest BCUT2D eigenvalue weighted by molar-refractivity contribution is 0.122. The van der Waals surface area contributed by atoms with Crippen molar-refractivity contribution >= 4 is 26.8 Å². The molecule has 1 saturated carbocycles. The molecule has 4 rings (SSSR count). The molecule has 0 bridgehead atoms. The van der Waals surface area contributed by atoms with Gasteiger partial charge in [-0.2, -0.15) is 0 Å². The molecule has 21 heavy (non-hydrogen) atoms. The average molecular weight is 305 g/mol. The summed E-state index contributed by atoms with van der Waals surface area (Å²) in [6, 6.07) is 3.95. The molecule has 2 aromatic heterocycles. The third-order valence-electron chi connectivity index (χ3n) is 4.19. The number of hydrogen-bond donors (Lipinski definition) is 0. The number of pyridine rings is 1. The lowest BCUT2D eigenvalue weighted by Gasteiger charge is -2.25. The minimum atomic E-state index is 0.728. The van der Waals surface area contributed by atoms with Crippen LogP contribution in [0.5, 0.6) is 5.88 Å². The summed E-state index contributed by atoms with van der Waals surface area (Å²) in [5.74, 6) is 1.46. The van der Waals surface area contributed by atoms with Gasteiger partial charge in [-0.15, -0.1) is 0 Å². The number of ether oxygens (including phenoxy) is 2. The number of hydrogen-bond acceptors (Lipinski definition) is 6. The predicted octanol–water partition coefficient (Wildman–Crippen LogP) is 2.71. The molecule has 0 aromatic carbocycles. The van der Waals surface area contributed by atoms with Crippen molar-refractivity contribution in [2.75, 3.05) is 37.8 Å². The summed E-state index contributed by atoms with van der Waals surface area (Å²) in [7, 11) is 0. The van der Waals surface area contributed by atoms with Crippen LogP contribution in [0, 0.1) is 5.92 Å². The van der Waals surface area contributed by atoms with E-state index in [9.17, 15) is 0 Å². The highest BCUT2D eigenvalue weighted by atomic mass is 32.1. The Morgan fingerprint density at radius 1 is 1.24 bits per heavy atom. The van der Waals surface area contributed by atoms with Gasteiger partial charge in [0.15, 0.2) is 5.13 Å². The SMILES string of the molecule is c1cc2nc(N3CCOCC3)sc2nc1OCC1CCC1. The second-order valence-electron chi connectivity index (χ2n) is 5.68. The van der Waals surface area contributed by atoms with E-state index in [4.69, 9.17) is 9.47 Å². The Balaban J connectivity index is 1.50. The minimum Gasteiger partial charge on any atom is -0.477 e. The fraction of sp³-hybridized carbons (Fsp3) is 0.600. The molecule has 6 heteroatoms. The van der Waals surface area contributed by atoms with E-state index in [0.717, 1.165) is 60.2 Å². The maximum atomic E-state index is 5.81. The maximum absolute atomic E-state index is 5.81. The van der Waals surface area contributed by atoms with Gasteiger partial charge in [-0.1, -0.05) is 17.8 Å². The molecule has 0 unspecified atom stereocenters. The van der Waals surface area contributed by atoms with Crippen LogP contribution >= 0.6 is 11.3 Å². The highest BCUT2D eigenvalue weighted by molar-refractivity contribution is 7.21. The fourth-order valence-electron chi connectivity index (χ4n) is 2.62. The molecule has 3 heterocycles. The molecule has 0 atom stereocenters. The van der Waals surface area contributed by atoms with Gasteiger partial charge in [0.25, 0.3) is 0 Å². The van der Waals surface area contributed by atoms with Crippen molar-refractivity contribution in [1.82, 2.24) is 9.97 Å². The molecule has 0 spiro atoms. The first-order valence-corrected chi connectivity index (χ1v) is 8.43. The first-order chi connectivity index (χ1) is 10.4. The third-order valence-corrected chi connectivity index (χ3v) is 5.22. The molecule has 1 saturated heterocycles. The number of rotatable bonds is 4. The molecule has 5 nitrogen and oxygen atoms in total. The smallest absolute Gasteiger partial charge is 0.214 e. The van der Waals surface area contributed by atoms with Crippen LogP contribution in [0.15, 0.2) is 12.1 Å². The van der Waals surface area contributed by atoms with E-state index in [2.05, 4.69) is 14.9 Å². The molecular formula is C15H19N3O2S. The number of fused-ring (bicyclic) bond motifs is 1. The molecular weight excluding hydrogens is 286 g/mol. The minimum absolute atomic E-state index is 0.728. The quantitative estimate of drug-likeness (QED) is 0.869. The van der Waals surface area contributed by atoms with Gasteiger partial charge in [-0.25, -0.2) is 9.97 Å². The van der Waals surface area contributed by atoms with Crippen molar-refractivity contribution in [1.29, 1.82) is 0 Å². The molecule has 2 fully saturated rings. The van der Waals surface area contributed by atoms with Gasteiger partial charge < -0.3 is 14.4 Å². The van der Waals surface area contributed by atoms with Gasteiger partial charge in [-0.05, 0) is 24.8 Å². The fourth-order valence-corrected chi connectivity index (χ4v) is 3.60. The second-order valence-corrected chi connectivity index (χ2v) is 6.63. The van der Waals surface area contributed by atoms with Crippen molar-refractivity contribution in [3.63, 3.8) is 0 Å². The van der Waals surface area contributed by atoms with Gasteiger partial charge in [0, 0.05) is 19.2 Å². The lowest BCUT2D eigenvalue weighted by Crippen LogP contribution is -2.36. The highest BCUT2D eigenvalue weighted by Crippen LogP contribution is 2.30. The molecule has 0 radical (unpaired) electrons. The number of morpholine rings is 1. The summed E-state index contributed by atoms with van der Waals surface area (Å²) >= 11 is 1.64. The van der Waals surface area contributed by atoms with Gasteiger partial charge in [0.1, 0.15) is 10.3 Å². The van der Waals surface area contributed by atoms with E-state index in [1.807, 2.05) is 12.1 Å². The van der Waals surface area contributed by atoms with E-state index < -0.39 is 0 Å². The average Bonchev–Trinajstić information content (AvgIpc) is 2.90. The molecule has 0 amide bonds. The number of thiazole rings is 1. The predicted molar refractivity (Wildman–Crippen MR) is 83.3 cm³/mol. The van der Waals surface area contributed by atoms with Crippen molar-refractivity contribution in [3.05, 3.63) is 12.1 Å². The maximum Gasteiger partial charge on any atom is 0.214 e. The van der Waals surface area contributed by atoms with Gasteiger partial charge in [0.2, 0.25) is 5.88 Å². The topological polar surface area (TPSA) is 47.5 Å². The van der Waals surface area contributed by atoms with E-state index in [0.29, 0.717) is 0 Å². The summed E-state index contributed by atoms with van der Waals surface area (Å²) in [5.41, 5.74) is 0.956. The van der Waals surface area contributed by atoms with Gasteiger partial charge in [-0.3, -0.25) is 0 Å². The van der Waals surface area contributed by atoms with Crippen molar-refractivity contribution in [3.8, 4) is 5.88 Å². The Morgan fingerprint density at radius 2 is 2.10 bits per heavy atom. The zero-order valence-electron chi connectivity index (χ0n) is 12.0. The number of anilines is 1. The Kier molecular flexibility index (Phi) is 3.65. The molecule has 2 aromatic rings. The molecule has 1 aliphatic heterocycles. The summed E-state index contributed by atoms with van der Waals surface area (Å²) in [6.45, 7) is 4.17. The van der Waals surface area contributed by atoms with E-state index in [1.54, 1.807) is 11.3 Å². The zero-order chi connectivity index (χ0) is 14.1. The summed E-state index contributed by atoms with van der Waals surface area (Å²) in [6.07, 6.45) is 3.94. The second kappa shape index (κ2) is 5.77. The van der Waals surface area contributed by atoms with Crippen LogP contribution in [0.4, 0.5) is 5.13 Å².